The molecule has 1 aliphatic rings. The van der Waals surface area contributed by atoms with Crippen molar-refractivity contribution in [3.8, 4) is 6.07 Å². The lowest BCUT2D eigenvalue weighted by atomic mass is 10.0. The van der Waals surface area contributed by atoms with Gasteiger partial charge >= 0.3 is 6.18 Å². The van der Waals surface area contributed by atoms with Gasteiger partial charge in [-0.05, 0) is 75.3 Å². The van der Waals surface area contributed by atoms with Crippen molar-refractivity contribution in [3.63, 3.8) is 0 Å². The molecule has 3 N–H and O–H groups in total. The molecule has 1 heterocycles. The number of rotatable bonds is 9. The third-order valence-electron chi connectivity index (χ3n) is 6.30. The Kier molecular flexibility index (Phi) is 9.11. The van der Waals surface area contributed by atoms with Crippen LogP contribution in [0.4, 0.5) is 28.9 Å². The van der Waals surface area contributed by atoms with Gasteiger partial charge in [0.25, 0.3) is 11.8 Å². The Balaban J connectivity index is 1.79. The van der Waals surface area contributed by atoms with Crippen molar-refractivity contribution in [2.24, 2.45) is 0 Å². The molecule has 0 saturated carbocycles. The minimum atomic E-state index is -4.85. The van der Waals surface area contributed by atoms with E-state index in [1.807, 2.05) is 0 Å². The maximum Gasteiger partial charge on any atom is 0.417 e. The number of benzene rings is 2. The molecule has 2 aromatic rings. The summed E-state index contributed by atoms with van der Waals surface area (Å²) in [5, 5.41) is 19.9. The molecule has 0 aliphatic carbocycles. The Morgan fingerprint density at radius 1 is 1.10 bits per heavy atom. The SMILES string of the molecule is CC1(C)C(=O)N(c2ccc(C#N)c(C(F)(F)F)c2)C(=S)N1c1ccc(C(=O)NCCCCCC(=O)NO)c(F)c1. The topological polar surface area (TPSA) is 126 Å². The van der Waals surface area contributed by atoms with Crippen molar-refractivity contribution in [2.45, 2.75) is 51.2 Å². The second kappa shape index (κ2) is 12.0. The van der Waals surface area contributed by atoms with E-state index in [1.54, 1.807) is 0 Å². The fraction of sp³-hybridized carbons (Fsp3) is 0.346. The van der Waals surface area contributed by atoms with Crippen molar-refractivity contribution in [3.05, 3.63) is 58.9 Å². The monoisotopic (exact) mass is 579 g/mol. The molecule has 0 radical (unpaired) electrons. The Hall–Kier alpha value is -4.09. The third kappa shape index (κ3) is 6.21. The van der Waals surface area contributed by atoms with Crippen LogP contribution in [0.5, 0.6) is 0 Å². The zero-order chi connectivity index (χ0) is 29.8. The fourth-order valence-corrected chi connectivity index (χ4v) is 4.75. The van der Waals surface area contributed by atoms with Crippen LogP contribution >= 0.6 is 12.2 Å². The van der Waals surface area contributed by atoms with Crippen molar-refractivity contribution in [1.82, 2.24) is 10.8 Å². The average Bonchev–Trinajstić information content (AvgIpc) is 3.07. The summed E-state index contributed by atoms with van der Waals surface area (Å²) in [6, 6.07) is 7.85. The second-order valence-electron chi connectivity index (χ2n) is 9.42. The number of hydrogen-bond donors (Lipinski definition) is 3. The van der Waals surface area contributed by atoms with Crippen LogP contribution in [0.1, 0.15) is 61.0 Å². The predicted molar refractivity (Wildman–Crippen MR) is 140 cm³/mol. The van der Waals surface area contributed by atoms with Gasteiger partial charge in [0, 0.05) is 18.7 Å². The van der Waals surface area contributed by atoms with Crippen LogP contribution in [0.15, 0.2) is 36.4 Å². The van der Waals surface area contributed by atoms with Gasteiger partial charge in [-0.25, -0.2) is 9.87 Å². The van der Waals surface area contributed by atoms with Crippen molar-refractivity contribution < 1.29 is 37.2 Å². The highest BCUT2D eigenvalue weighted by atomic mass is 32.1. The largest absolute Gasteiger partial charge is 0.417 e. The Morgan fingerprint density at radius 2 is 1.77 bits per heavy atom. The van der Waals surface area contributed by atoms with Gasteiger partial charge in [-0.3, -0.25) is 24.5 Å². The molecule has 1 aliphatic heterocycles. The summed E-state index contributed by atoms with van der Waals surface area (Å²) in [6.45, 7) is 3.16. The van der Waals surface area contributed by atoms with Crippen molar-refractivity contribution in [2.75, 3.05) is 16.3 Å². The smallest absolute Gasteiger partial charge is 0.352 e. The van der Waals surface area contributed by atoms with Gasteiger partial charge in [0.05, 0.1) is 28.4 Å². The van der Waals surface area contributed by atoms with Gasteiger partial charge in [-0.15, -0.1) is 0 Å². The molecule has 0 atom stereocenters. The van der Waals surface area contributed by atoms with Gasteiger partial charge < -0.3 is 10.2 Å². The maximum absolute atomic E-state index is 15.0. The minimum Gasteiger partial charge on any atom is -0.352 e. The Bertz CT molecular complexity index is 1390. The normalized spacial score (nSPS) is 14.8. The number of thiocarbonyl (C=S) groups is 1. The molecule has 40 heavy (non-hydrogen) atoms. The van der Waals surface area contributed by atoms with Crippen LogP contribution in [0.2, 0.25) is 0 Å². The molecule has 9 nitrogen and oxygen atoms in total. The summed E-state index contributed by atoms with van der Waals surface area (Å²) in [7, 11) is 0. The number of hydrogen-bond acceptors (Lipinski definition) is 6. The van der Waals surface area contributed by atoms with Gasteiger partial charge in [-0.2, -0.15) is 18.4 Å². The lowest BCUT2D eigenvalue weighted by Crippen LogP contribution is -2.44. The molecule has 14 heteroatoms. The summed E-state index contributed by atoms with van der Waals surface area (Å²) >= 11 is 5.44. The number of anilines is 2. The number of nitriles is 1. The average molecular weight is 580 g/mol. The van der Waals surface area contributed by atoms with Crippen LogP contribution in [-0.4, -0.2) is 40.1 Å². The number of carbonyl (C=O) groups is 3. The molecular formula is C26H25F4N5O4S. The quantitative estimate of drug-likeness (QED) is 0.132. The number of hydroxylamine groups is 1. The van der Waals surface area contributed by atoms with E-state index in [0.29, 0.717) is 25.3 Å². The fourth-order valence-electron chi connectivity index (χ4n) is 4.23. The molecule has 0 unspecified atom stereocenters. The van der Waals surface area contributed by atoms with Gasteiger partial charge in [0.1, 0.15) is 11.4 Å². The highest BCUT2D eigenvalue weighted by Crippen LogP contribution is 2.39. The standard InChI is InChI=1S/C26H25F4N5O4S/c1-25(2)23(38)34(16-8-7-15(14-31)19(12-16)26(28,29)30)24(40)35(25)17-9-10-18(20(27)13-17)22(37)32-11-5-3-4-6-21(36)33-39/h7-10,12-13,39H,3-6,11H2,1-2H3,(H,32,37)(H,33,36). The Labute approximate surface area is 232 Å². The number of amides is 3. The first-order valence-corrected chi connectivity index (χ1v) is 12.5. The molecule has 0 aromatic heterocycles. The number of unbranched alkanes of at least 4 members (excludes halogenated alkanes) is 2. The summed E-state index contributed by atoms with van der Waals surface area (Å²) in [6.07, 6.45) is -3.12. The molecule has 1 saturated heterocycles. The Morgan fingerprint density at radius 3 is 2.38 bits per heavy atom. The van der Waals surface area contributed by atoms with Crippen LogP contribution in [0.3, 0.4) is 0 Å². The van der Waals surface area contributed by atoms with Crippen LogP contribution in [-0.2, 0) is 15.8 Å². The van der Waals surface area contributed by atoms with Crippen LogP contribution in [0, 0.1) is 17.1 Å². The van der Waals surface area contributed by atoms with E-state index in [2.05, 4.69) is 5.32 Å². The van der Waals surface area contributed by atoms with E-state index >= 15 is 4.39 Å². The highest BCUT2D eigenvalue weighted by Gasteiger charge is 2.51. The van der Waals surface area contributed by atoms with Gasteiger partial charge in [0.15, 0.2) is 5.11 Å². The number of nitrogens with zero attached hydrogens (tertiary/aromatic N) is 3. The lowest BCUT2D eigenvalue weighted by Gasteiger charge is -2.29. The predicted octanol–water partition coefficient (Wildman–Crippen LogP) is 4.43. The zero-order valence-electron chi connectivity index (χ0n) is 21.4. The van der Waals surface area contributed by atoms with E-state index in [0.717, 1.165) is 17.0 Å². The van der Waals surface area contributed by atoms with Gasteiger partial charge in [0.2, 0.25) is 5.91 Å². The van der Waals surface area contributed by atoms with E-state index in [9.17, 15) is 27.6 Å². The molecule has 0 spiro atoms. The van der Waals surface area contributed by atoms with E-state index < -0.39 is 46.4 Å². The molecule has 1 fully saturated rings. The van der Waals surface area contributed by atoms with Crippen LogP contribution in [0.25, 0.3) is 0 Å². The number of carbonyl (C=O) groups excluding carboxylic acids is 3. The summed E-state index contributed by atoms with van der Waals surface area (Å²) < 4.78 is 55.6. The first-order chi connectivity index (χ1) is 18.7. The first-order valence-electron chi connectivity index (χ1n) is 12.0. The number of halogens is 4. The van der Waals surface area contributed by atoms with E-state index in [1.165, 1.54) is 48.5 Å². The highest BCUT2D eigenvalue weighted by molar-refractivity contribution is 7.81. The van der Waals surface area contributed by atoms with E-state index in [4.69, 9.17) is 22.7 Å². The van der Waals surface area contributed by atoms with Gasteiger partial charge in [-0.1, -0.05) is 6.42 Å². The van der Waals surface area contributed by atoms with E-state index in [-0.39, 0.29) is 35.0 Å². The van der Waals surface area contributed by atoms with Crippen molar-refractivity contribution in [1.29, 1.82) is 5.26 Å². The maximum atomic E-state index is 15.0. The van der Waals surface area contributed by atoms with Crippen LogP contribution < -0.4 is 20.6 Å². The number of alkyl halides is 3. The summed E-state index contributed by atoms with van der Waals surface area (Å²) in [5.74, 6) is -2.78. The first kappa shape index (κ1) is 30.5. The summed E-state index contributed by atoms with van der Waals surface area (Å²) in [4.78, 5) is 38.9. The number of nitrogens with one attached hydrogen (secondary N) is 2. The molecule has 212 valence electrons. The minimum absolute atomic E-state index is 0.103. The molecular weight excluding hydrogens is 554 g/mol. The third-order valence-corrected chi connectivity index (χ3v) is 6.67. The molecule has 3 rings (SSSR count). The van der Waals surface area contributed by atoms with Crippen molar-refractivity contribution >= 4 is 46.4 Å². The molecule has 3 amide bonds. The molecule has 0 bridgehead atoms. The lowest BCUT2D eigenvalue weighted by molar-refractivity contribution is -0.137. The molecule has 2 aromatic carbocycles. The second-order valence-corrected chi connectivity index (χ2v) is 9.79. The summed E-state index contributed by atoms with van der Waals surface area (Å²) in [5.41, 5.74) is -2.11. The zero-order valence-corrected chi connectivity index (χ0v) is 22.2.